The highest BCUT2D eigenvalue weighted by Gasteiger charge is 2.19. The first kappa shape index (κ1) is 17.4. The third-order valence-electron chi connectivity index (χ3n) is 4.59. The van der Waals surface area contributed by atoms with Gasteiger partial charge in [0.05, 0.1) is 11.6 Å². The molecule has 0 amide bonds. The number of nitrogens with zero attached hydrogens (tertiary/aromatic N) is 5. The van der Waals surface area contributed by atoms with Gasteiger partial charge in [-0.05, 0) is 30.5 Å². The van der Waals surface area contributed by atoms with Gasteiger partial charge in [-0.3, -0.25) is 4.90 Å². The molecule has 1 aromatic carbocycles. The van der Waals surface area contributed by atoms with E-state index in [1.165, 1.54) is 5.56 Å². The fourth-order valence-electron chi connectivity index (χ4n) is 3.16. The van der Waals surface area contributed by atoms with Gasteiger partial charge >= 0.3 is 0 Å². The van der Waals surface area contributed by atoms with Crippen LogP contribution in [0.4, 0.5) is 5.82 Å². The Kier molecular flexibility index (Phi) is 5.30. The molecule has 0 unspecified atom stereocenters. The van der Waals surface area contributed by atoms with Crippen molar-refractivity contribution in [2.24, 2.45) is 0 Å². The average Bonchev–Trinajstić information content (AvgIpc) is 2.62. The highest BCUT2D eigenvalue weighted by atomic mass is 15.3. The van der Waals surface area contributed by atoms with Crippen molar-refractivity contribution < 1.29 is 0 Å². The standard InChI is InChI=1S/C20H25N5/c1-15(2)19-12-20(23-16(3)22-19)25-9-7-24(8-10-25)14-18-6-4-5-17(11-18)13-21/h4-6,11-12,15H,7-10,14H2,1-3H3. The van der Waals surface area contributed by atoms with E-state index < -0.39 is 0 Å². The van der Waals surface area contributed by atoms with Crippen LogP contribution >= 0.6 is 0 Å². The van der Waals surface area contributed by atoms with Gasteiger partial charge in [-0.2, -0.15) is 5.26 Å². The molecule has 0 N–H and O–H groups in total. The smallest absolute Gasteiger partial charge is 0.132 e. The maximum absolute atomic E-state index is 9.03. The lowest BCUT2D eigenvalue weighted by Crippen LogP contribution is -2.46. The lowest BCUT2D eigenvalue weighted by Gasteiger charge is -2.35. The molecule has 0 spiro atoms. The number of aromatic nitrogens is 2. The normalized spacial score (nSPS) is 15.4. The summed E-state index contributed by atoms with van der Waals surface area (Å²) in [5, 5.41) is 9.03. The van der Waals surface area contributed by atoms with E-state index in [4.69, 9.17) is 5.26 Å². The first-order chi connectivity index (χ1) is 12.0. The molecule has 0 radical (unpaired) electrons. The van der Waals surface area contributed by atoms with Crippen LogP contribution in [0.1, 0.15) is 42.4 Å². The Hall–Kier alpha value is -2.45. The Labute approximate surface area is 149 Å². The third kappa shape index (κ3) is 4.34. The second-order valence-electron chi connectivity index (χ2n) is 6.93. The minimum atomic E-state index is 0.411. The zero-order chi connectivity index (χ0) is 17.8. The third-order valence-corrected chi connectivity index (χ3v) is 4.59. The molecule has 3 rings (SSSR count). The fraction of sp³-hybridized carbons (Fsp3) is 0.450. The van der Waals surface area contributed by atoms with Gasteiger partial charge in [0.25, 0.3) is 0 Å². The lowest BCUT2D eigenvalue weighted by atomic mass is 10.1. The molecule has 1 fully saturated rings. The van der Waals surface area contributed by atoms with Crippen molar-refractivity contribution in [2.45, 2.75) is 33.2 Å². The predicted molar refractivity (Wildman–Crippen MR) is 99.5 cm³/mol. The van der Waals surface area contributed by atoms with E-state index in [9.17, 15) is 0 Å². The molecule has 1 saturated heterocycles. The second kappa shape index (κ2) is 7.62. The van der Waals surface area contributed by atoms with Gasteiger partial charge in [0.1, 0.15) is 11.6 Å². The molecule has 25 heavy (non-hydrogen) atoms. The van der Waals surface area contributed by atoms with Crippen LogP contribution in [0.25, 0.3) is 0 Å². The number of nitriles is 1. The summed E-state index contributed by atoms with van der Waals surface area (Å²) in [6, 6.07) is 12.2. The summed E-state index contributed by atoms with van der Waals surface area (Å²) in [4.78, 5) is 14.0. The molecular weight excluding hydrogens is 310 g/mol. The highest BCUT2D eigenvalue weighted by Crippen LogP contribution is 2.20. The van der Waals surface area contributed by atoms with Gasteiger partial charge in [-0.1, -0.05) is 26.0 Å². The first-order valence-corrected chi connectivity index (χ1v) is 8.87. The summed E-state index contributed by atoms with van der Waals surface area (Å²) < 4.78 is 0. The summed E-state index contributed by atoms with van der Waals surface area (Å²) in [5.41, 5.74) is 3.04. The quantitative estimate of drug-likeness (QED) is 0.859. The molecule has 0 bridgehead atoms. The Morgan fingerprint density at radius 2 is 1.88 bits per heavy atom. The van der Waals surface area contributed by atoms with Crippen molar-refractivity contribution in [2.75, 3.05) is 31.1 Å². The average molecular weight is 335 g/mol. The van der Waals surface area contributed by atoms with Crippen LogP contribution in [0.2, 0.25) is 0 Å². The summed E-state index contributed by atoms with van der Waals surface area (Å²) >= 11 is 0. The monoisotopic (exact) mass is 335 g/mol. The number of aryl methyl sites for hydroxylation is 1. The first-order valence-electron chi connectivity index (χ1n) is 8.87. The van der Waals surface area contributed by atoms with E-state index in [0.717, 1.165) is 55.6 Å². The molecule has 5 nitrogen and oxygen atoms in total. The molecule has 0 aliphatic carbocycles. The Balaban J connectivity index is 1.63. The molecular formula is C20H25N5. The largest absolute Gasteiger partial charge is 0.354 e. The Bertz CT molecular complexity index is 770. The highest BCUT2D eigenvalue weighted by molar-refractivity contribution is 5.41. The number of rotatable bonds is 4. The molecule has 2 heterocycles. The second-order valence-corrected chi connectivity index (χ2v) is 6.93. The molecule has 5 heteroatoms. The van der Waals surface area contributed by atoms with Gasteiger partial charge in [-0.15, -0.1) is 0 Å². The zero-order valence-electron chi connectivity index (χ0n) is 15.2. The maximum Gasteiger partial charge on any atom is 0.132 e. The van der Waals surface area contributed by atoms with Crippen molar-refractivity contribution in [1.82, 2.24) is 14.9 Å². The maximum atomic E-state index is 9.03. The van der Waals surface area contributed by atoms with E-state index in [1.807, 2.05) is 25.1 Å². The summed E-state index contributed by atoms with van der Waals surface area (Å²) in [5.74, 6) is 2.30. The van der Waals surface area contributed by atoms with Gasteiger partial charge in [0, 0.05) is 44.5 Å². The van der Waals surface area contributed by atoms with Crippen LogP contribution in [-0.4, -0.2) is 41.0 Å². The number of hydrogen-bond acceptors (Lipinski definition) is 5. The van der Waals surface area contributed by atoms with Crippen molar-refractivity contribution in [3.8, 4) is 6.07 Å². The molecule has 2 aromatic rings. The molecule has 0 saturated carbocycles. The van der Waals surface area contributed by atoms with E-state index in [0.29, 0.717) is 5.92 Å². The van der Waals surface area contributed by atoms with E-state index in [1.54, 1.807) is 0 Å². The number of benzene rings is 1. The van der Waals surface area contributed by atoms with Crippen LogP contribution in [-0.2, 0) is 6.54 Å². The van der Waals surface area contributed by atoms with Crippen LogP contribution in [0, 0.1) is 18.3 Å². The minimum Gasteiger partial charge on any atom is -0.354 e. The fourth-order valence-corrected chi connectivity index (χ4v) is 3.16. The molecule has 1 aromatic heterocycles. The van der Waals surface area contributed by atoms with Crippen LogP contribution < -0.4 is 4.90 Å². The van der Waals surface area contributed by atoms with E-state index in [2.05, 4.69) is 51.8 Å². The number of piperazine rings is 1. The minimum absolute atomic E-state index is 0.411. The van der Waals surface area contributed by atoms with Gasteiger partial charge < -0.3 is 4.90 Å². The number of anilines is 1. The summed E-state index contributed by atoms with van der Waals surface area (Å²) in [6.07, 6.45) is 0. The Morgan fingerprint density at radius 1 is 1.12 bits per heavy atom. The predicted octanol–water partition coefficient (Wildman–Crippen LogP) is 3.10. The molecule has 130 valence electrons. The summed E-state index contributed by atoms with van der Waals surface area (Å²) in [6.45, 7) is 11.1. The van der Waals surface area contributed by atoms with Crippen LogP contribution in [0.15, 0.2) is 30.3 Å². The van der Waals surface area contributed by atoms with Crippen molar-refractivity contribution in [1.29, 1.82) is 5.26 Å². The lowest BCUT2D eigenvalue weighted by molar-refractivity contribution is 0.249. The number of hydrogen-bond donors (Lipinski definition) is 0. The molecule has 1 aliphatic heterocycles. The SMILES string of the molecule is Cc1nc(C(C)C)cc(N2CCN(Cc3cccc(C#N)c3)CC2)n1. The van der Waals surface area contributed by atoms with Gasteiger partial charge in [0.2, 0.25) is 0 Å². The van der Waals surface area contributed by atoms with Crippen molar-refractivity contribution >= 4 is 5.82 Å². The summed E-state index contributed by atoms with van der Waals surface area (Å²) in [7, 11) is 0. The van der Waals surface area contributed by atoms with Crippen molar-refractivity contribution in [3.05, 3.63) is 53.0 Å². The van der Waals surface area contributed by atoms with Gasteiger partial charge in [0.15, 0.2) is 0 Å². The van der Waals surface area contributed by atoms with Crippen LogP contribution in [0.5, 0.6) is 0 Å². The molecule has 1 aliphatic rings. The Morgan fingerprint density at radius 3 is 2.56 bits per heavy atom. The molecule has 0 atom stereocenters. The topological polar surface area (TPSA) is 56.1 Å². The zero-order valence-corrected chi connectivity index (χ0v) is 15.2. The van der Waals surface area contributed by atoms with E-state index in [-0.39, 0.29) is 0 Å². The van der Waals surface area contributed by atoms with Crippen molar-refractivity contribution in [3.63, 3.8) is 0 Å². The van der Waals surface area contributed by atoms with Crippen LogP contribution in [0.3, 0.4) is 0 Å². The van der Waals surface area contributed by atoms with Gasteiger partial charge in [-0.25, -0.2) is 9.97 Å². The van der Waals surface area contributed by atoms with E-state index >= 15 is 0 Å².